The first kappa shape index (κ1) is 10.6. The highest BCUT2D eigenvalue weighted by Gasteiger charge is 1.88. The van der Waals surface area contributed by atoms with Gasteiger partial charge in [-0.2, -0.15) is 8.42 Å². The van der Waals surface area contributed by atoms with Crippen molar-refractivity contribution in [3.05, 3.63) is 24.8 Å². The first-order valence-corrected chi connectivity index (χ1v) is 5.48. The summed E-state index contributed by atoms with van der Waals surface area (Å²) in [4.78, 5) is 7.35. The molecule has 0 spiro atoms. The van der Waals surface area contributed by atoms with Gasteiger partial charge in [-0.05, 0) is 6.07 Å². The second kappa shape index (κ2) is 5.29. The number of nitrogens with zero attached hydrogens (tertiary/aromatic N) is 2. The lowest BCUT2D eigenvalue weighted by molar-refractivity contribution is 0.621. The zero-order valence-corrected chi connectivity index (χ0v) is 7.51. The summed E-state index contributed by atoms with van der Waals surface area (Å²) in [5.74, 6) is 0. The zero-order chi connectivity index (χ0) is 8.74. The molecule has 0 radical (unpaired) electrons. The van der Waals surface area contributed by atoms with Crippen molar-refractivity contribution >= 4 is 29.6 Å². The number of hydrogen-bond acceptors (Lipinski definition) is 4. The smallest absolute Gasteiger partial charge is 0.245 e. The van der Waals surface area contributed by atoms with E-state index in [4.69, 9.17) is 8.42 Å². The third-order valence-electron chi connectivity index (χ3n) is 0.478. The first-order chi connectivity index (χ1) is 5.00. The molecule has 0 amide bonds. The van der Waals surface area contributed by atoms with E-state index < -0.39 is 8.26 Å². The fourth-order valence-corrected chi connectivity index (χ4v) is 0.253. The molecule has 0 aliphatic heterocycles. The molecule has 62 valence electrons. The normalized spacial score (nSPS) is 9.64. The van der Waals surface area contributed by atoms with E-state index in [9.17, 15) is 0 Å². The summed E-state index contributed by atoms with van der Waals surface area (Å²) in [7, 11) is 4.81. The van der Waals surface area contributed by atoms with Crippen molar-refractivity contribution in [3.63, 3.8) is 0 Å². The van der Waals surface area contributed by atoms with Gasteiger partial charge in [-0.25, -0.2) is 9.97 Å². The van der Waals surface area contributed by atoms with Gasteiger partial charge in [0.25, 0.3) is 0 Å². The molecule has 1 aromatic heterocycles. The molecule has 0 aliphatic carbocycles. The minimum Gasteiger partial charge on any atom is -0.245 e. The Morgan fingerprint density at radius 2 is 1.45 bits per heavy atom. The molecule has 0 unspecified atom stereocenters. The number of aromatic nitrogens is 2. The number of halogens is 2. The van der Waals surface area contributed by atoms with Crippen LogP contribution in [0.1, 0.15) is 0 Å². The standard InChI is InChI=1S/C4H4N2.Cl2O2S/c1-2-5-4-6-3-1;1-5(2,3)4/h1-4H;. The Morgan fingerprint density at radius 3 is 1.55 bits per heavy atom. The van der Waals surface area contributed by atoms with E-state index in [2.05, 4.69) is 31.3 Å². The lowest BCUT2D eigenvalue weighted by atomic mass is 10.7. The highest BCUT2D eigenvalue weighted by molar-refractivity contribution is 8.31. The van der Waals surface area contributed by atoms with Gasteiger partial charge in [0, 0.05) is 33.8 Å². The van der Waals surface area contributed by atoms with Crippen LogP contribution in [0.4, 0.5) is 0 Å². The minimum atomic E-state index is -3.72. The van der Waals surface area contributed by atoms with Gasteiger partial charge < -0.3 is 0 Å². The zero-order valence-electron chi connectivity index (χ0n) is 5.18. The molecule has 4 nitrogen and oxygen atoms in total. The molecule has 0 atom stereocenters. The summed E-state index contributed by atoms with van der Waals surface area (Å²) in [5.41, 5.74) is 0. The molecular weight excluding hydrogens is 211 g/mol. The second-order valence-corrected chi connectivity index (χ2v) is 4.95. The van der Waals surface area contributed by atoms with Crippen LogP contribution in [0, 0.1) is 0 Å². The second-order valence-electron chi connectivity index (χ2n) is 1.28. The van der Waals surface area contributed by atoms with Crippen LogP contribution in [0.3, 0.4) is 0 Å². The monoisotopic (exact) mass is 214 g/mol. The van der Waals surface area contributed by atoms with Crippen molar-refractivity contribution < 1.29 is 8.42 Å². The van der Waals surface area contributed by atoms with Gasteiger partial charge in [0.15, 0.2) is 0 Å². The van der Waals surface area contributed by atoms with Gasteiger partial charge in [0.2, 0.25) is 0 Å². The Labute approximate surface area is 73.1 Å². The van der Waals surface area contributed by atoms with E-state index in [1.54, 1.807) is 18.5 Å². The van der Waals surface area contributed by atoms with Gasteiger partial charge in [-0.3, -0.25) is 0 Å². The fourth-order valence-electron chi connectivity index (χ4n) is 0.253. The van der Waals surface area contributed by atoms with E-state index in [1.165, 1.54) is 6.33 Å². The summed E-state index contributed by atoms with van der Waals surface area (Å²) >= 11 is 0. The number of hydrogen-bond donors (Lipinski definition) is 0. The molecule has 1 heterocycles. The van der Waals surface area contributed by atoms with Crippen LogP contribution >= 0.6 is 21.4 Å². The maximum absolute atomic E-state index is 9.16. The molecule has 0 saturated carbocycles. The van der Waals surface area contributed by atoms with Gasteiger partial charge in [0.1, 0.15) is 6.33 Å². The first-order valence-electron chi connectivity index (χ1n) is 2.34. The van der Waals surface area contributed by atoms with Crippen LogP contribution < -0.4 is 0 Å². The Balaban J connectivity index is 0.000000187. The molecule has 1 rings (SSSR count). The highest BCUT2D eigenvalue weighted by atomic mass is 36.0. The Bertz CT molecular complexity index is 241. The molecule has 0 aliphatic rings. The molecule has 7 heteroatoms. The average molecular weight is 215 g/mol. The van der Waals surface area contributed by atoms with Crippen molar-refractivity contribution in [2.24, 2.45) is 0 Å². The number of rotatable bonds is 0. The maximum atomic E-state index is 9.16. The van der Waals surface area contributed by atoms with Crippen molar-refractivity contribution in [1.82, 2.24) is 9.97 Å². The third kappa shape index (κ3) is 17.7. The minimum absolute atomic E-state index is 1.50. The molecule has 11 heavy (non-hydrogen) atoms. The average Bonchev–Trinajstić information content (AvgIpc) is 1.88. The lowest BCUT2D eigenvalue weighted by Crippen LogP contribution is -1.66. The van der Waals surface area contributed by atoms with E-state index in [1.807, 2.05) is 0 Å². The Morgan fingerprint density at radius 1 is 1.09 bits per heavy atom. The molecule has 0 saturated heterocycles. The fraction of sp³-hybridized carbons (Fsp3) is 0. The van der Waals surface area contributed by atoms with E-state index >= 15 is 0 Å². The van der Waals surface area contributed by atoms with E-state index in [0.29, 0.717) is 0 Å². The molecule has 0 bridgehead atoms. The summed E-state index contributed by atoms with van der Waals surface area (Å²) in [5, 5.41) is 0. The lowest BCUT2D eigenvalue weighted by Gasteiger charge is -1.70. The van der Waals surface area contributed by atoms with Crippen LogP contribution in [0.2, 0.25) is 0 Å². The summed E-state index contributed by atoms with van der Waals surface area (Å²) in [6, 6.07) is 1.78. The van der Waals surface area contributed by atoms with Gasteiger partial charge in [-0.15, -0.1) is 0 Å². The predicted molar refractivity (Wildman–Crippen MR) is 42.7 cm³/mol. The largest absolute Gasteiger partial charge is 0.317 e. The van der Waals surface area contributed by atoms with Crippen LogP contribution in [0.5, 0.6) is 0 Å². The van der Waals surface area contributed by atoms with Crippen molar-refractivity contribution in [2.45, 2.75) is 0 Å². The van der Waals surface area contributed by atoms with Crippen LogP contribution in [-0.4, -0.2) is 18.4 Å². The van der Waals surface area contributed by atoms with Crippen LogP contribution in [0.15, 0.2) is 24.8 Å². The highest BCUT2D eigenvalue weighted by Crippen LogP contribution is 1.98. The quantitative estimate of drug-likeness (QED) is 0.609. The van der Waals surface area contributed by atoms with Gasteiger partial charge >= 0.3 is 8.26 Å². The summed E-state index contributed by atoms with van der Waals surface area (Å²) in [6.45, 7) is 0. The predicted octanol–water partition coefficient (Wildman–Crippen LogP) is 1.19. The molecule has 0 fully saturated rings. The summed E-state index contributed by atoms with van der Waals surface area (Å²) in [6.07, 6.45) is 4.88. The molecule has 0 N–H and O–H groups in total. The Kier molecular flexibility index (Phi) is 5.10. The van der Waals surface area contributed by atoms with Crippen LogP contribution in [-0.2, 0) is 8.26 Å². The van der Waals surface area contributed by atoms with Crippen molar-refractivity contribution in [3.8, 4) is 0 Å². The Hall–Kier alpha value is -0.390. The van der Waals surface area contributed by atoms with Gasteiger partial charge in [-0.1, -0.05) is 0 Å². The van der Waals surface area contributed by atoms with Gasteiger partial charge in [0.05, 0.1) is 0 Å². The summed E-state index contributed by atoms with van der Waals surface area (Å²) < 4.78 is 18.3. The van der Waals surface area contributed by atoms with E-state index in [-0.39, 0.29) is 0 Å². The maximum Gasteiger partial charge on any atom is 0.317 e. The molecule has 0 aromatic carbocycles. The SMILES string of the molecule is O=S(=O)(Cl)Cl.c1cncnc1. The van der Waals surface area contributed by atoms with E-state index in [0.717, 1.165) is 0 Å². The van der Waals surface area contributed by atoms with Crippen molar-refractivity contribution in [2.75, 3.05) is 0 Å². The van der Waals surface area contributed by atoms with Crippen molar-refractivity contribution in [1.29, 1.82) is 0 Å². The topological polar surface area (TPSA) is 59.9 Å². The molecule has 1 aromatic rings. The third-order valence-corrected chi connectivity index (χ3v) is 0.478. The van der Waals surface area contributed by atoms with Crippen LogP contribution in [0.25, 0.3) is 0 Å². The molecular formula is C4H4Cl2N2O2S.